The van der Waals surface area contributed by atoms with Gasteiger partial charge in [0.25, 0.3) is 5.91 Å². The van der Waals surface area contributed by atoms with Crippen molar-refractivity contribution >= 4 is 29.0 Å². The van der Waals surface area contributed by atoms with E-state index >= 15 is 0 Å². The number of halogens is 2. The monoisotopic (exact) mass is 357 g/mol. The van der Waals surface area contributed by atoms with E-state index in [-0.39, 0.29) is 16.6 Å². The van der Waals surface area contributed by atoms with Gasteiger partial charge in [-0.2, -0.15) is 0 Å². The summed E-state index contributed by atoms with van der Waals surface area (Å²) < 4.78 is 13.1. The highest BCUT2D eigenvalue weighted by molar-refractivity contribution is 6.31. The average Bonchev–Trinajstić information content (AvgIpc) is 2.64. The third kappa shape index (κ3) is 4.48. The predicted molar refractivity (Wildman–Crippen MR) is 92.1 cm³/mol. The van der Waals surface area contributed by atoms with E-state index in [0.717, 1.165) is 5.56 Å². The van der Waals surface area contributed by atoms with E-state index in [1.54, 1.807) is 24.5 Å². The number of pyridine rings is 1. The molecule has 3 aromatic rings. The first-order valence-corrected chi connectivity index (χ1v) is 7.72. The summed E-state index contributed by atoms with van der Waals surface area (Å²) in [6, 6.07) is 11.0. The third-order valence-electron chi connectivity index (χ3n) is 3.29. The molecule has 0 aliphatic heterocycles. The van der Waals surface area contributed by atoms with Crippen LogP contribution >= 0.6 is 11.6 Å². The lowest BCUT2D eigenvalue weighted by molar-refractivity contribution is 0.0945. The minimum absolute atomic E-state index is 0.00469. The van der Waals surface area contributed by atoms with Gasteiger partial charge in [0, 0.05) is 24.6 Å². The normalized spacial score (nSPS) is 10.3. The Kier molecular flexibility index (Phi) is 5.15. The minimum Gasteiger partial charge on any atom is -0.347 e. The van der Waals surface area contributed by atoms with Crippen LogP contribution in [-0.2, 0) is 6.54 Å². The van der Waals surface area contributed by atoms with Gasteiger partial charge in [-0.3, -0.25) is 9.78 Å². The summed E-state index contributed by atoms with van der Waals surface area (Å²) in [5.41, 5.74) is 1.69. The first kappa shape index (κ1) is 16.8. The largest absolute Gasteiger partial charge is 0.347 e. The smallest absolute Gasteiger partial charge is 0.272 e. The summed E-state index contributed by atoms with van der Waals surface area (Å²) in [5.74, 6) is -0.423. The molecule has 126 valence electrons. The molecule has 0 spiro atoms. The molecule has 0 atom stereocenters. The van der Waals surface area contributed by atoms with Gasteiger partial charge in [-0.25, -0.2) is 4.39 Å². The van der Waals surface area contributed by atoms with Crippen LogP contribution in [0.25, 0.3) is 0 Å². The maximum absolute atomic E-state index is 13.1. The van der Waals surface area contributed by atoms with E-state index in [2.05, 4.69) is 25.8 Å². The maximum Gasteiger partial charge on any atom is 0.272 e. The van der Waals surface area contributed by atoms with Crippen LogP contribution < -0.4 is 10.6 Å². The molecule has 3 rings (SSSR count). The number of rotatable bonds is 5. The SMILES string of the molecule is O=C(NCc1ccncc1)c1ccc(Nc2ccc(F)c(Cl)c2)nn1. The quantitative estimate of drug-likeness (QED) is 0.732. The summed E-state index contributed by atoms with van der Waals surface area (Å²) in [5, 5.41) is 13.5. The number of amides is 1. The lowest BCUT2D eigenvalue weighted by Gasteiger charge is -2.07. The first-order chi connectivity index (χ1) is 12.1. The Morgan fingerprint density at radius 2 is 1.88 bits per heavy atom. The topological polar surface area (TPSA) is 79.8 Å². The van der Waals surface area contributed by atoms with Gasteiger partial charge in [-0.15, -0.1) is 10.2 Å². The molecule has 1 aromatic carbocycles. The second-order valence-corrected chi connectivity index (χ2v) is 5.50. The number of carbonyl (C=O) groups excluding carboxylic acids is 1. The Labute approximate surface area is 148 Å². The highest BCUT2D eigenvalue weighted by atomic mass is 35.5. The summed E-state index contributed by atoms with van der Waals surface area (Å²) in [6.45, 7) is 0.372. The number of benzene rings is 1. The molecule has 0 saturated heterocycles. The van der Waals surface area contributed by atoms with E-state index < -0.39 is 5.82 Å². The highest BCUT2D eigenvalue weighted by Gasteiger charge is 2.08. The number of nitrogens with one attached hydrogen (secondary N) is 2. The summed E-state index contributed by atoms with van der Waals surface area (Å²) in [4.78, 5) is 16.0. The molecule has 0 radical (unpaired) electrons. The van der Waals surface area contributed by atoms with E-state index in [9.17, 15) is 9.18 Å². The zero-order valence-corrected chi connectivity index (χ0v) is 13.7. The molecule has 2 N–H and O–H groups in total. The highest BCUT2D eigenvalue weighted by Crippen LogP contribution is 2.21. The van der Waals surface area contributed by atoms with E-state index in [1.165, 1.54) is 18.2 Å². The Hall–Kier alpha value is -3.06. The van der Waals surface area contributed by atoms with Crippen LogP contribution in [0, 0.1) is 5.82 Å². The summed E-state index contributed by atoms with van der Waals surface area (Å²) in [6.07, 6.45) is 3.31. The second kappa shape index (κ2) is 7.67. The van der Waals surface area contributed by atoms with Gasteiger partial charge in [-0.1, -0.05) is 11.6 Å². The molecule has 0 aliphatic rings. The molecule has 8 heteroatoms. The van der Waals surface area contributed by atoms with Crippen molar-refractivity contribution in [3.05, 3.63) is 77.0 Å². The van der Waals surface area contributed by atoms with Crippen molar-refractivity contribution < 1.29 is 9.18 Å². The molecule has 0 saturated carbocycles. The molecule has 0 bridgehead atoms. The molecular formula is C17H13ClFN5O. The van der Waals surface area contributed by atoms with Crippen LogP contribution in [0.5, 0.6) is 0 Å². The third-order valence-corrected chi connectivity index (χ3v) is 3.58. The van der Waals surface area contributed by atoms with Crippen LogP contribution in [0.1, 0.15) is 16.1 Å². The lowest BCUT2D eigenvalue weighted by Crippen LogP contribution is -2.24. The number of aromatic nitrogens is 3. The number of nitrogens with zero attached hydrogens (tertiary/aromatic N) is 3. The fourth-order valence-corrected chi connectivity index (χ4v) is 2.20. The first-order valence-electron chi connectivity index (χ1n) is 7.35. The predicted octanol–water partition coefficient (Wildman–Crippen LogP) is 3.34. The molecule has 0 unspecified atom stereocenters. The zero-order chi connectivity index (χ0) is 17.6. The summed E-state index contributed by atoms with van der Waals surface area (Å²) >= 11 is 5.72. The van der Waals surface area contributed by atoms with Crippen LogP contribution in [0.2, 0.25) is 5.02 Å². The Balaban J connectivity index is 1.61. The van der Waals surface area contributed by atoms with Crippen molar-refractivity contribution in [2.45, 2.75) is 6.54 Å². The Morgan fingerprint density at radius 1 is 1.08 bits per heavy atom. The van der Waals surface area contributed by atoms with Crippen LogP contribution in [0.3, 0.4) is 0 Å². The van der Waals surface area contributed by atoms with Gasteiger partial charge in [0.1, 0.15) is 5.82 Å². The molecule has 25 heavy (non-hydrogen) atoms. The fourth-order valence-electron chi connectivity index (χ4n) is 2.02. The molecule has 2 aromatic heterocycles. The number of anilines is 2. The van der Waals surface area contributed by atoms with Gasteiger partial charge in [-0.05, 0) is 48.0 Å². The fraction of sp³-hybridized carbons (Fsp3) is 0.0588. The van der Waals surface area contributed by atoms with Gasteiger partial charge in [0.2, 0.25) is 0 Å². The lowest BCUT2D eigenvalue weighted by atomic mass is 10.2. The van der Waals surface area contributed by atoms with Gasteiger partial charge in [0.15, 0.2) is 11.5 Å². The molecule has 6 nitrogen and oxygen atoms in total. The van der Waals surface area contributed by atoms with E-state index in [4.69, 9.17) is 11.6 Å². The van der Waals surface area contributed by atoms with Gasteiger partial charge in [0.05, 0.1) is 5.02 Å². The van der Waals surface area contributed by atoms with Gasteiger partial charge >= 0.3 is 0 Å². The summed E-state index contributed by atoms with van der Waals surface area (Å²) in [7, 11) is 0. The van der Waals surface area contributed by atoms with Crippen molar-refractivity contribution in [2.24, 2.45) is 0 Å². The Bertz CT molecular complexity index is 874. The van der Waals surface area contributed by atoms with E-state index in [0.29, 0.717) is 18.1 Å². The average molecular weight is 358 g/mol. The minimum atomic E-state index is -0.500. The zero-order valence-electron chi connectivity index (χ0n) is 12.9. The van der Waals surface area contributed by atoms with Crippen LogP contribution in [-0.4, -0.2) is 21.1 Å². The van der Waals surface area contributed by atoms with Crippen LogP contribution in [0.4, 0.5) is 15.9 Å². The van der Waals surface area contributed by atoms with Crippen molar-refractivity contribution in [3.8, 4) is 0 Å². The molecule has 0 fully saturated rings. The standard InChI is InChI=1S/C17H13ClFN5O/c18-13-9-12(1-2-14(13)19)22-16-4-3-15(23-24-16)17(25)21-10-11-5-7-20-8-6-11/h1-9H,10H2,(H,21,25)(H,22,24). The van der Waals surface area contributed by atoms with Crippen molar-refractivity contribution in [1.82, 2.24) is 20.5 Å². The second-order valence-electron chi connectivity index (χ2n) is 5.10. The molecule has 1 amide bonds. The Morgan fingerprint density at radius 3 is 2.56 bits per heavy atom. The van der Waals surface area contributed by atoms with Crippen molar-refractivity contribution in [1.29, 1.82) is 0 Å². The number of hydrogen-bond acceptors (Lipinski definition) is 5. The van der Waals surface area contributed by atoms with Crippen molar-refractivity contribution in [2.75, 3.05) is 5.32 Å². The molecular weight excluding hydrogens is 345 g/mol. The van der Waals surface area contributed by atoms with Crippen molar-refractivity contribution in [3.63, 3.8) is 0 Å². The molecule has 2 heterocycles. The maximum atomic E-state index is 13.1. The number of carbonyl (C=O) groups is 1. The van der Waals surface area contributed by atoms with E-state index in [1.807, 2.05) is 12.1 Å². The number of hydrogen-bond donors (Lipinski definition) is 2. The molecule has 0 aliphatic carbocycles. The van der Waals surface area contributed by atoms with Crippen LogP contribution in [0.15, 0.2) is 54.9 Å². The van der Waals surface area contributed by atoms with Gasteiger partial charge < -0.3 is 10.6 Å².